The molecule has 1 aromatic carbocycles. The first-order valence-electron chi connectivity index (χ1n) is 6.83. The van der Waals surface area contributed by atoms with Crippen LogP contribution in [0.5, 0.6) is 0 Å². The molecule has 20 heavy (non-hydrogen) atoms. The normalized spacial score (nSPS) is 17.6. The molecule has 0 aromatic heterocycles. The highest BCUT2D eigenvalue weighted by atomic mass is 16.6. The molecule has 0 atom stereocenters. The van der Waals surface area contributed by atoms with Gasteiger partial charge in [-0.1, -0.05) is 12.8 Å². The number of benzene rings is 1. The van der Waals surface area contributed by atoms with Crippen LogP contribution in [0.25, 0.3) is 0 Å². The Kier molecular flexibility index (Phi) is 4.25. The van der Waals surface area contributed by atoms with Crippen LogP contribution in [-0.2, 0) is 6.54 Å². The number of rotatable bonds is 5. The monoisotopic (exact) mass is 279 g/mol. The van der Waals surface area contributed by atoms with Crippen LogP contribution in [0.1, 0.15) is 31.2 Å². The molecular weight excluding hydrogens is 258 g/mol. The number of anilines is 1. The fraction of sp³-hybridized carbons (Fsp3) is 0.571. The second-order valence-corrected chi connectivity index (χ2v) is 5.74. The molecule has 0 heterocycles. The molecule has 0 spiro atoms. The zero-order chi connectivity index (χ0) is 14.8. The average Bonchev–Trinajstić information content (AvgIpc) is 2.78. The first kappa shape index (κ1) is 14.7. The molecule has 6 heteroatoms. The van der Waals surface area contributed by atoms with E-state index in [9.17, 15) is 15.2 Å². The maximum Gasteiger partial charge on any atom is 0.269 e. The first-order valence-corrected chi connectivity index (χ1v) is 6.83. The second-order valence-electron chi connectivity index (χ2n) is 5.74. The van der Waals surface area contributed by atoms with E-state index in [1.54, 1.807) is 6.07 Å². The van der Waals surface area contributed by atoms with E-state index in [1.807, 2.05) is 11.9 Å². The molecule has 3 N–H and O–H groups in total. The predicted octanol–water partition coefficient (Wildman–Crippen LogP) is 1.91. The van der Waals surface area contributed by atoms with Crippen molar-refractivity contribution in [3.05, 3.63) is 33.9 Å². The third-order valence-corrected chi connectivity index (χ3v) is 3.88. The number of likely N-dealkylation sites (N-methyl/N-ethyl adjacent to an activating group) is 1. The van der Waals surface area contributed by atoms with Crippen LogP contribution in [0.15, 0.2) is 18.2 Å². The molecular formula is C14H21N3O3. The van der Waals surface area contributed by atoms with E-state index in [0.29, 0.717) is 18.8 Å². The smallest absolute Gasteiger partial charge is 0.269 e. The van der Waals surface area contributed by atoms with Gasteiger partial charge in [-0.15, -0.1) is 0 Å². The predicted molar refractivity (Wildman–Crippen MR) is 77.3 cm³/mol. The number of nitrogen functional groups attached to an aromatic ring is 1. The first-order chi connectivity index (χ1) is 9.39. The molecule has 0 unspecified atom stereocenters. The highest BCUT2D eigenvalue weighted by Crippen LogP contribution is 2.30. The van der Waals surface area contributed by atoms with Crippen molar-refractivity contribution in [3.63, 3.8) is 0 Å². The van der Waals surface area contributed by atoms with Crippen LogP contribution < -0.4 is 5.73 Å². The van der Waals surface area contributed by atoms with E-state index >= 15 is 0 Å². The Morgan fingerprint density at radius 1 is 1.45 bits per heavy atom. The summed E-state index contributed by atoms with van der Waals surface area (Å²) in [5, 5.41) is 21.2. The van der Waals surface area contributed by atoms with Gasteiger partial charge < -0.3 is 10.8 Å². The van der Waals surface area contributed by atoms with Gasteiger partial charge in [0, 0.05) is 30.9 Å². The highest BCUT2D eigenvalue weighted by Gasteiger charge is 2.32. The third-order valence-electron chi connectivity index (χ3n) is 3.88. The van der Waals surface area contributed by atoms with Gasteiger partial charge in [0.05, 0.1) is 10.5 Å². The van der Waals surface area contributed by atoms with Crippen molar-refractivity contribution in [2.24, 2.45) is 0 Å². The molecule has 1 aromatic rings. The van der Waals surface area contributed by atoms with Gasteiger partial charge in [0.2, 0.25) is 0 Å². The second kappa shape index (κ2) is 5.76. The summed E-state index contributed by atoms with van der Waals surface area (Å²) in [6.07, 6.45) is 3.76. The van der Waals surface area contributed by atoms with Gasteiger partial charge in [-0.3, -0.25) is 15.0 Å². The third kappa shape index (κ3) is 3.46. The van der Waals surface area contributed by atoms with Crippen molar-refractivity contribution in [1.82, 2.24) is 4.90 Å². The molecule has 0 amide bonds. The van der Waals surface area contributed by atoms with Crippen molar-refractivity contribution in [2.75, 3.05) is 19.3 Å². The summed E-state index contributed by atoms with van der Waals surface area (Å²) in [5.74, 6) is 0. The van der Waals surface area contributed by atoms with Crippen LogP contribution in [0.3, 0.4) is 0 Å². The van der Waals surface area contributed by atoms with Crippen molar-refractivity contribution in [2.45, 2.75) is 37.8 Å². The van der Waals surface area contributed by atoms with Gasteiger partial charge in [-0.05, 0) is 31.5 Å². The number of nitro benzene ring substituents is 1. The molecule has 1 fully saturated rings. The summed E-state index contributed by atoms with van der Waals surface area (Å²) in [4.78, 5) is 12.3. The molecule has 0 saturated heterocycles. The van der Waals surface area contributed by atoms with Crippen LogP contribution in [-0.4, -0.2) is 34.1 Å². The van der Waals surface area contributed by atoms with Crippen molar-refractivity contribution < 1.29 is 10.0 Å². The Balaban J connectivity index is 2.05. The molecule has 0 aliphatic heterocycles. The maximum absolute atomic E-state index is 10.8. The summed E-state index contributed by atoms with van der Waals surface area (Å²) < 4.78 is 0. The van der Waals surface area contributed by atoms with Crippen LogP contribution >= 0.6 is 0 Å². The minimum absolute atomic E-state index is 0.0437. The zero-order valence-electron chi connectivity index (χ0n) is 11.7. The van der Waals surface area contributed by atoms with Gasteiger partial charge in [0.25, 0.3) is 5.69 Å². The lowest BCUT2D eigenvalue weighted by atomic mass is 10.0. The van der Waals surface area contributed by atoms with Gasteiger partial charge in [0.15, 0.2) is 0 Å². The fourth-order valence-electron chi connectivity index (χ4n) is 2.88. The van der Waals surface area contributed by atoms with E-state index in [2.05, 4.69) is 0 Å². The van der Waals surface area contributed by atoms with Crippen LogP contribution in [0, 0.1) is 10.1 Å². The number of non-ortho nitro benzene ring substituents is 1. The van der Waals surface area contributed by atoms with E-state index in [-0.39, 0.29) is 5.69 Å². The Labute approximate surface area is 118 Å². The standard InChI is InChI=1S/C14H21N3O3/c1-16(10-14(18)6-2-3-7-14)9-11-8-12(17(19)20)4-5-13(11)15/h4-5,8,18H,2-3,6-7,9-10,15H2,1H3. The minimum atomic E-state index is -0.621. The number of aliphatic hydroxyl groups is 1. The molecule has 1 aliphatic rings. The molecule has 0 radical (unpaired) electrons. The van der Waals surface area contributed by atoms with E-state index in [4.69, 9.17) is 5.73 Å². The maximum atomic E-state index is 10.8. The molecule has 1 saturated carbocycles. The lowest BCUT2D eigenvalue weighted by Gasteiger charge is -2.28. The van der Waals surface area contributed by atoms with E-state index in [1.165, 1.54) is 12.1 Å². The number of nitrogens with zero attached hydrogens (tertiary/aromatic N) is 2. The lowest BCUT2D eigenvalue weighted by molar-refractivity contribution is -0.384. The summed E-state index contributed by atoms with van der Waals surface area (Å²) in [5.41, 5.74) is 6.56. The minimum Gasteiger partial charge on any atom is -0.398 e. The zero-order valence-corrected chi connectivity index (χ0v) is 11.7. The molecule has 110 valence electrons. The van der Waals surface area contributed by atoms with Crippen LogP contribution in [0.2, 0.25) is 0 Å². The number of nitrogens with two attached hydrogens (primary N) is 1. The Morgan fingerprint density at radius 3 is 2.70 bits per heavy atom. The van der Waals surface area contributed by atoms with Crippen molar-refractivity contribution in [1.29, 1.82) is 0 Å². The molecule has 2 rings (SSSR count). The summed E-state index contributed by atoms with van der Waals surface area (Å²) >= 11 is 0. The topological polar surface area (TPSA) is 92.6 Å². The number of nitro groups is 1. The van der Waals surface area contributed by atoms with Gasteiger partial charge in [0.1, 0.15) is 0 Å². The van der Waals surface area contributed by atoms with Crippen molar-refractivity contribution in [3.8, 4) is 0 Å². The van der Waals surface area contributed by atoms with E-state index in [0.717, 1.165) is 31.2 Å². The quantitative estimate of drug-likeness (QED) is 0.488. The largest absolute Gasteiger partial charge is 0.398 e. The lowest BCUT2D eigenvalue weighted by Crippen LogP contribution is -2.38. The Morgan fingerprint density at radius 2 is 2.10 bits per heavy atom. The Bertz CT molecular complexity index is 498. The highest BCUT2D eigenvalue weighted by molar-refractivity contribution is 5.52. The summed E-state index contributed by atoms with van der Waals surface area (Å²) in [6, 6.07) is 4.47. The average molecular weight is 279 g/mol. The number of hydrogen-bond donors (Lipinski definition) is 2. The molecule has 0 bridgehead atoms. The van der Waals surface area contributed by atoms with Gasteiger partial charge >= 0.3 is 0 Å². The molecule has 6 nitrogen and oxygen atoms in total. The number of hydrogen-bond acceptors (Lipinski definition) is 5. The molecule has 1 aliphatic carbocycles. The van der Waals surface area contributed by atoms with Crippen molar-refractivity contribution >= 4 is 11.4 Å². The summed E-state index contributed by atoms with van der Waals surface area (Å²) in [7, 11) is 1.90. The van der Waals surface area contributed by atoms with Crippen LogP contribution in [0.4, 0.5) is 11.4 Å². The SMILES string of the molecule is CN(Cc1cc([N+](=O)[O-])ccc1N)CC1(O)CCCC1. The summed E-state index contributed by atoms with van der Waals surface area (Å²) in [6.45, 7) is 1.06. The Hall–Kier alpha value is -1.66. The van der Waals surface area contributed by atoms with Gasteiger partial charge in [-0.25, -0.2) is 0 Å². The van der Waals surface area contributed by atoms with Gasteiger partial charge in [-0.2, -0.15) is 0 Å². The van der Waals surface area contributed by atoms with E-state index < -0.39 is 10.5 Å². The fourth-order valence-corrected chi connectivity index (χ4v) is 2.88.